The smallest absolute Gasteiger partial charge is 0.347 e. The molecule has 0 saturated heterocycles. The van der Waals surface area contributed by atoms with Crippen molar-refractivity contribution in [3.8, 4) is 0 Å². The van der Waals surface area contributed by atoms with Crippen molar-refractivity contribution < 1.29 is 14.3 Å². The third-order valence-corrected chi connectivity index (χ3v) is 3.56. The fraction of sp³-hybridized carbons (Fsp3) is 0.500. The number of aryl methyl sites for hydroxylation is 1. The van der Waals surface area contributed by atoms with Crippen LogP contribution in [0, 0.1) is 0 Å². The molecule has 0 atom stereocenters. The number of benzene rings is 1. The fourth-order valence-electron chi connectivity index (χ4n) is 2.51. The Morgan fingerprint density at radius 2 is 1.68 bits per heavy atom. The van der Waals surface area contributed by atoms with Gasteiger partial charge >= 0.3 is 11.9 Å². The summed E-state index contributed by atoms with van der Waals surface area (Å²) in [5.41, 5.74) is 1.86. The summed E-state index contributed by atoms with van der Waals surface area (Å²) in [6, 6.07) is 5.41. The Balaban J connectivity index is 1.92. The highest BCUT2D eigenvalue weighted by molar-refractivity contribution is 6.15. The summed E-state index contributed by atoms with van der Waals surface area (Å²) in [6.45, 7) is 2.20. The quantitative estimate of drug-likeness (QED) is 0.424. The molecule has 0 spiro atoms. The van der Waals surface area contributed by atoms with E-state index in [0.717, 1.165) is 18.4 Å². The molecule has 0 fully saturated rings. The lowest BCUT2D eigenvalue weighted by Crippen LogP contribution is -2.00. The Morgan fingerprint density at radius 1 is 0.947 bits per heavy atom. The Bertz CT molecular complexity index is 477. The van der Waals surface area contributed by atoms with Gasteiger partial charge in [0.1, 0.15) is 0 Å². The van der Waals surface area contributed by atoms with Gasteiger partial charge in [-0.25, -0.2) is 9.59 Å². The number of hydrogen-bond donors (Lipinski definition) is 0. The Hall–Kier alpha value is -1.64. The van der Waals surface area contributed by atoms with Crippen molar-refractivity contribution in [3.63, 3.8) is 0 Å². The van der Waals surface area contributed by atoms with Crippen LogP contribution >= 0.6 is 0 Å². The zero-order valence-electron chi connectivity index (χ0n) is 11.4. The van der Waals surface area contributed by atoms with E-state index in [9.17, 15) is 9.59 Å². The first-order valence-electron chi connectivity index (χ1n) is 7.12. The monoisotopic (exact) mass is 260 g/mol. The first-order valence-corrected chi connectivity index (χ1v) is 7.12. The van der Waals surface area contributed by atoms with Crippen LogP contribution in [0.25, 0.3) is 0 Å². The molecule has 1 aromatic rings. The summed E-state index contributed by atoms with van der Waals surface area (Å²) in [5, 5.41) is 0. The Labute approximate surface area is 114 Å². The van der Waals surface area contributed by atoms with E-state index in [1.807, 2.05) is 12.1 Å². The molecule has 1 heterocycles. The van der Waals surface area contributed by atoms with E-state index >= 15 is 0 Å². The van der Waals surface area contributed by atoms with E-state index in [1.54, 1.807) is 6.07 Å². The molecule has 102 valence electrons. The molecule has 0 saturated carbocycles. The van der Waals surface area contributed by atoms with Crippen molar-refractivity contribution in [1.82, 2.24) is 0 Å². The number of cyclic esters (lactones) is 2. The number of unbranched alkanes of at least 4 members (excludes halogenated alkanes) is 5. The van der Waals surface area contributed by atoms with Crippen molar-refractivity contribution in [1.29, 1.82) is 0 Å². The Morgan fingerprint density at radius 3 is 2.47 bits per heavy atom. The number of esters is 2. The van der Waals surface area contributed by atoms with E-state index in [4.69, 9.17) is 0 Å². The van der Waals surface area contributed by atoms with Crippen LogP contribution in [0.2, 0.25) is 0 Å². The zero-order valence-corrected chi connectivity index (χ0v) is 11.4. The molecule has 0 N–H and O–H groups in total. The number of fused-ring (bicyclic) bond motifs is 1. The zero-order chi connectivity index (χ0) is 13.7. The van der Waals surface area contributed by atoms with E-state index < -0.39 is 11.9 Å². The van der Waals surface area contributed by atoms with Crippen LogP contribution < -0.4 is 0 Å². The number of carbonyl (C=O) groups is 2. The number of ether oxygens (including phenoxy) is 1. The molecule has 1 aliphatic rings. The summed E-state index contributed by atoms with van der Waals surface area (Å²) >= 11 is 0. The average Bonchev–Trinajstić information content (AvgIpc) is 2.70. The molecule has 19 heavy (non-hydrogen) atoms. The minimum absolute atomic E-state index is 0.425. The SMILES string of the molecule is CCCCCCCCc1cccc2c1C(=O)OC2=O. The van der Waals surface area contributed by atoms with Crippen LogP contribution in [0.5, 0.6) is 0 Å². The number of rotatable bonds is 7. The van der Waals surface area contributed by atoms with Gasteiger partial charge in [-0.3, -0.25) is 0 Å². The Kier molecular flexibility index (Phi) is 4.72. The molecule has 3 heteroatoms. The normalized spacial score (nSPS) is 13.5. The molecule has 0 aliphatic carbocycles. The van der Waals surface area contributed by atoms with Gasteiger partial charge in [0.15, 0.2) is 0 Å². The second-order valence-electron chi connectivity index (χ2n) is 5.03. The van der Waals surface area contributed by atoms with E-state index in [2.05, 4.69) is 11.7 Å². The summed E-state index contributed by atoms with van der Waals surface area (Å²) in [5.74, 6) is -0.994. The first-order chi connectivity index (χ1) is 9.24. The van der Waals surface area contributed by atoms with Crippen LogP contribution in [0.4, 0.5) is 0 Å². The fourth-order valence-corrected chi connectivity index (χ4v) is 2.51. The van der Waals surface area contributed by atoms with Gasteiger partial charge in [0.25, 0.3) is 0 Å². The molecule has 2 rings (SSSR count). The van der Waals surface area contributed by atoms with Crippen LogP contribution in [0.15, 0.2) is 18.2 Å². The predicted octanol–water partition coefficient (Wildman–Crippen LogP) is 3.90. The maximum absolute atomic E-state index is 11.6. The van der Waals surface area contributed by atoms with E-state index in [-0.39, 0.29) is 0 Å². The van der Waals surface area contributed by atoms with Gasteiger partial charge in [-0.15, -0.1) is 0 Å². The minimum atomic E-state index is -0.509. The highest BCUT2D eigenvalue weighted by Gasteiger charge is 2.31. The van der Waals surface area contributed by atoms with Crippen LogP contribution in [-0.2, 0) is 11.2 Å². The van der Waals surface area contributed by atoms with Gasteiger partial charge in [-0.05, 0) is 24.5 Å². The summed E-state index contributed by atoms with van der Waals surface area (Å²) in [7, 11) is 0. The molecule has 0 radical (unpaired) electrons. The maximum atomic E-state index is 11.6. The number of carbonyl (C=O) groups excluding carboxylic acids is 2. The predicted molar refractivity (Wildman–Crippen MR) is 73.3 cm³/mol. The maximum Gasteiger partial charge on any atom is 0.347 e. The van der Waals surface area contributed by atoms with Crippen molar-refractivity contribution in [2.24, 2.45) is 0 Å². The lowest BCUT2D eigenvalue weighted by Gasteiger charge is -2.05. The second-order valence-corrected chi connectivity index (χ2v) is 5.03. The van der Waals surface area contributed by atoms with Gasteiger partial charge in [0.05, 0.1) is 11.1 Å². The lowest BCUT2D eigenvalue weighted by molar-refractivity contribution is 0.0443. The van der Waals surface area contributed by atoms with Crippen molar-refractivity contribution in [2.75, 3.05) is 0 Å². The summed E-state index contributed by atoms with van der Waals surface area (Å²) in [4.78, 5) is 23.1. The van der Waals surface area contributed by atoms with Crippen molar-refractivity contribution in [2.45, 2.75) is 51.9 Å². The molecule has 1 aliphatic heterocycles. The third kappa shape index (κ3) is 3.22. The van der Waals surface area contributed by atoms with Crippen molar-refractivity contribution in [3.05, 3.63) is 34.9 Å². The van der Waals surface area contributed by atoms with Gasteiger partial charge < -0.3 is 4.74 Å². The largest absolute Gasteiger partial charge is 0.386 e. The molecule has 0 bridgehead atoms. The van der Waals surface area contributed by atoms with E-state index in [0.29, 0.717) is 11.1 Å². The second kappa shape index (κ2) is 6.50. The van der Waals surface area contributed by atoms with Crippen molar-refractivity contribution >= 4 is 11.9 Å². The molecule has 3 nitrogen and oxygen atoms in total. The highest BCUT2D eigenvalue weighted by Crippen LogP contribution is 2.25. The van der Waals surface area contributed by atoms with Gasteiger partial charge in [-0.1, -0.05) is 51.2 Å². The molecule has 0 amide bonds. The summed E-state index contributed by atoms with van der Waals surface area (Å²) < 4.78 is 4.65. The first kappa shape index (κ1) is 13.8. The van der Waals surface area contributed by atoms with E-state index in [1.165, 1.54) is 32.1 Å². The molecule has 0 aromatic heterocycles. The molecule has 1 aromatic carbocycles. The number of hydrogen-bond acceptors (Lipinski definition) is 3. The van der Waals surface area contributed by atoms with Gasteiger partial charge in [0.2, 0.25) is 0 Å². The van der Waals surface area contributed by atoms with Crippen LogP contribution in [0.3, 0.4) is 0 Å². The third-order valence-electron chi connectivity index (χ3n) is 3.56. The highest BCUT2D eigenvalue weighted by atomic mass is 16.6. The topological polar surface area (TPSA) is 43.4 Å². The van der Waals surface area contributed by atoms with Crippen LogP contribution in [-0.4, -0.2) is 11.9 Å². The minimum Gasteiger partial charge on any atom is -0.386 e. The standard InChI is InChI=1S/C16H20O3/c1-2-3-4-5-6-7-9-12-10-8-11-13-14(12)16(18)19-15(13)17/h8,10-11H,2-7,9H2,1H3. The average molecular weight is 260 g/mol. The lowest BCUT2D eigenvalue weighted by atomic mass is 9.97. The molecular formula is C16H20O3. The molecular weight excluding hydrogens is 240 g/mol. The van der Waals surface area contributed by atoms with Gasteiger partial charge in [-0.2, -0.15) is 0 Å². The van der Waals surface area contributed by atoms with Gasteiger partial charge in [0, 0.05) is 0 Å². The molecule has 0 unspecified atom stereocenters. The van der Waals surface area contributed by atoms with Crippen LogP contribution in [0.1, 0.15) is 71.7 Å². The summed E-state index contributed by atoms with van der Waals surface area (Å²) in [6.07, 6.45) is 8.14.